The molecule has 112 valence electrons. The standard InChI is InChI=1S/C14H21F5/c1-7-2-12(18)14(13(19)3-7)8-4-10(16)9(6-15)11(17)5-8/h7-14H,2-6H2,1H3. The van der Waals surface area contributed by atoms with E-state index in [-0.39, 0.29) is 31.6 Å². The first-order valence-corrected chi connectivity index (χ1v) is 7.06. The van der Waals surface area contributed by atoms with Crippen LogP contribution in [0.5, 0.6) is 0 Å². The van der Waals surface area contributed by atoms with E-state index in [1.807, 2.05) is 0 Å². The molecule has 2 fully saturated rings. The zero-order chi connectivity index (χ0) is 14.2. The van der Waals surface area contributed by atoms with E-state index in [1.165, 1.54) is 0 Å². The summed E-state index contributed by atoms with van der Waals surface area (Å²) in [5.74, 6) is -2.86. The molecular formula is C14H21F5. The fraction of sp³-hybridized carbons (Fsp3) is 1.00. The fourth-order valence-electron chi connectivity index (χ4n) is 3.75. The van der Waals surface area contributed by atoms with Gasteiger partial charge in [-0.1, -0.05) is 6.92 Å². The van der Waals surface area contributed by atoms with Crippen molar-refractivity contribution in [3.05, 3.63) is 0 Å². The van der Waals surface area contributed by atoms with Crippen LogP contribution in [0.2, 0.25) is 0 Å². The summed E-state index contributed by atoms with van der Waals surface area (Å²) in [6.45, 7) is 0.736. The van der Waals surface area contributed by atoms with E-state index >= 15 is 0 Å². The molecule has 19 heavy (non-hydrogen) atoms. The third-order valence-corrected chi connectivity index (χ3v) is 4.80. The molecule has 4 unspecified atom stereocenters. The highest BCUT2D eigenvalue weighted by Crippen LogP contribution is 2.45. The molecule has 0 aromatic carbocycles. The summed E-state index contributed by atoms with van der Waals surface area (Å²) in [6, 6.07) is 0. The molecule has 0 aromatic rings. The lowest BCUT2D eigenvalue weighted by Crippen LogP contribution is -2.46. The highest BCUT2D eigenvalue weighted by atomic mass is 19.2. The summed E-state index contributed by atoms with van der Waals surface area (Å²) < 4.78 is 68.0. The molecule has 0 spiro atoms. The smallest absolute Gasteiger partial charge is 0.108 e. The summed E-state index contributed by atoms with van der Waals surface area (Å²) >= 11 is 0. The monoisotopic (exact) mass is 284 g/mol. The molecule has 0 amide bonds. The average Bonchev–Trinajstić information content (AvgIpc) is 2.26. The average molecular weight is 284 g/mol. The van der Waals surface area contributed by atoms with Gasteiger partial charge in [0.2, 0.25) is 0 Å². The van der Waals surface area contributed by atoms with Crippen molar-refractivity contribution in [1.29, 1.82) is 0 Å². The molecular weight excluding hydrogens is 263 g/mol. The van der Waals surface area contributed by atoms with Crippen molar-refractivity contribution < 1.29 is 22.0 Å². The minimum Gasteiger partial charge on any atom is -0.251 e. The Morgan fingerprint density at radius 3 is 1.68 bits per heavy atom. The summed E-state index contributed by atoms with van der Waals surface area (Å²) in [4.78, 5) is 0. The van der Waals surface area contributed by atoms with Crippen LogP contribution < -0.4 is 0 Å². The van der Waals surface area contributed by atoms with Gasteiger partial charge in [-0.15, -0.1) is 0 Å². The van der Waals surface area contributed by atoms with E-state index in [0.29, 0.717) is 0 Å². The molecule has 0 aliphatic heterocycles. The molecule has 0 radical (unpaired) electrons. The van der Waals surface area contributed by atoms with Crippen LogP contribution in [0.25, 0.3) is 0 Å². The van der Waals surface area contributed by atoms with Crippen LogP contribution in [0.15, 0.2) is 0 Å². The van der Waals surface area contributed by atoms with Crippen molar-refractivity contribution in [1.82, 2.24) is 0 Å². The molecule has 0 saturated heterocycles. The normalized spacial score (nSPS) is 52.1. The first kappa shape index (κ1) is 15.0. The van der Waals surface area contributed by atoms with Gasteiger partial charge in [-0.05, 0) is 37.5 Å². The van der Waals surface area contributed by atoms with Gasteiger partial charge in [-0.2, -0.15) is 0 Å². The third kappa shape index (κ3) is 3.05. The largest absolute Gasteiger partial charge is 0.251 e. The van der Waals surface area contributed by atoms with Gasteiger partial charge >= 0.3 is 0 Å². The SMILES string of the molecule is CC1CC(F)C(C2CC(F)C(CF)C(F)C2)C(F)C1. The molecule has 2 rings (SSSR count). The van der Waals surface area contributed by atoms with Crippen LogP contribution in [0.4, 0.5) is 22.0 Å². The van der Waals surface area contributed by atoms with Crippen LogP contribution >= 0.6 is 0 Å². The molecule has 0 N–H and O–H groups in total. The van der Waals surface area contributed by atoms with Gasteiger partial charge < -0.3 is 0 Å². The molecule has 2 saturated carbocycles. The van der Waals surface area contributed by atoms with Crippen molar-refractivity contribution in [3.8, 4) is 0 Å². The Morgan fingerprint density at radius 1 is 0.789 bits per heavy atom. The van der Waals surface area contributed by atoms with Crippen LogP contribution in [0.3, 0.4) is 0 Å². The van der Waals surface area contributed by atoms with Gasteiger partial charge in [0, 0.05) is 11.8 Å². The van der Waals surface area contributed by atoms with Gasteiger partial charge in [0.05, 0.1) is 6.67 Å². The molecule has 0 bridgehead atoms. The van der Waals surface area contributed by atoms with Crippen molar-refractivity contribution in [2.24, 2.45) is 23.7 Å². The second-order valence-electron chi connectivity index (χ2n) is 6.27. The van der Waals surface area contributed by atoms with E-state index in [4.69, 9.17) is 0 Å². The molecule has 4 atom stereocenters. The Labute approximate surface area is 110 Å². The van der Waals surface area contributed by atoms with Crippen molar-refractivity contribution in [2.75, 3.05) is 6.67 Å². The van der Waals surface area contributed by atoms with Crippen LogP contribution in [0.1, 0.15) is 32.6 Å². The van der Waals surface area contributed by atoms with Gasteiger partial charge in [0.1, 0.15) is 24.7 Å². The predicted octanol–water partition coefficient (Wildman–Crippen LogP) is 4.38. The van der Waals surface area contributed by atoms with E-state index in [2.05, 4.69) is 0 Å². The summed E-state index contributed by atoms with van der Waals surface area (Å²) in [5, 5.41) is 0. The zero-order valence-corrected chi connectivity index (χ0v) is 11.0. The minimum atomic E-state index is -1.63. The summed E-state index contributed by atoms with van der Waals surface area (Å²) in [6.07, 6.45) is -5.67. The first-order chi connectivity index (χ1) is 8.93. The maximum atomic E-state index is 14.0. The zero-order valence-electron chi connectivity index (χ0n) is 11.0. The molecule has 0 heterocycles. The fourth-order valence-corrected chi connectivity index (χ4v) is 3.75. The molecule has 5 heteroatoms. The van der Waals surface area contributed by atoms with Gasteiger partial charge in [-0.3, -0.25) is 4.39 Å². The lowest BCUT2D eigenvalue weighted by molar-refractivity contribution is -0.0453. The van der Waals surface area contributed by atoms with Gasteiger partial charge in [0.25, 0.3) is 0 Å². The Kier molecular flexibility index (Phi) is 4.72. The Bertz CT molecular complexity index is 274. The maximum absolute atomic E-state index is 14.0. The number of alkyl halides is 5. The van der Waals surface area contributed by atoms with E-state index < -0.39 is 49.1 Å². The van der Waals surface area contributed by atoms with E-state index in [1.54, 1.807) is 6.92 Å². The van der Waals surface area contributed by atoms with Crippen LogP contribution in [-0.4, -0.2) is 31.4 Å². The third-order valence-electron chi connectivity index (χ3n) is 4.80. The Hall–Kier alpha value is -0.350. The highest BCUT2D eigenvalue weighted by Gasteiger charge is 2.47. The maximum Gasteiger partial charge on any atom is 0.108 e. The van der Waals surface area contributed by atoms with Gasteiger partial charge in [0.15, 0.2) is 0 Å². The van der Waals surface area contributed by atoms with Crippen molar-refractivity contribution >= 4 is 0 Å². The second-order valence-corrected chi connectivity index (χ2v) is 6.27. The topological polar surface area (TPSA) is 0 Å². The minimum absolute atomic E-state index is 0.0363. The lowest BCUT2D eigenvalue weighted by atomic mass is 9.67. The molecule has 0 aromatic heterocycles. The van der Waals surface area contributed by atoms with E-state index in [9.17, 15) is 22.0 Å². The lowest BCUT2D eigenvalue weighted by Gasteiger charge is -2.42. The van der Waals surface area contributed by atoms with Crippen LogP contribution in [0, 0.1) is 23.7 Å². The number of halogens is 5. The first-order valence-electron chi connectivity index (χ1n) is 7.06. The number of rotatable bonds is 2. The van der Waals surface area contributed by atoms with Crippen LogP contribution in [-0.2, 0) is 0 Å². The molecule has 2 aliphatic carbocycles. The molecule has 0 nitrogen and oxygen atoms in total. The van der Waals surface area contributed by atoms with E-state index in [0.717, 1.165) is 0 Å². The number of hydrogen-bond acceptors (Lipinski definition) is 0. The van der Waals surface area contributed by atoms with Gasteiger partial charge in [-0.25, -0.2) is 17.6 Å². The predicted molar refractivity (Wildman–Crippen MR) is 63.7 cm³/mol. The molecule has 2 aliphatic rings. The summed E-state index contributed by atoms with van der Waals surface area (Å²) in [5.41, 5.74) is 0. The summed E-state index contributed by atoms with van der Waals surface area (Å²) in [7, 11) is 0. The highest BCUT2D eigenvalue weighted by molar-refractivity contribution is 4.95. The Balaban J connectivity index is 2.05. The van der Waals surface area contributed by atoms with Crippen molar-refractivity contribution in [3.63, 3.8) is 0 Å². The van der Waals surface area contributed by atoms with Crippen molar-refractivity contribution in [2.45, 2.75) is 57.3 Å². The quantitative estimate of drug-likeness (QED) is 0.660. The number of hydrogen-bond donors (Lipinski definition) is 0. The Morgan fingerprint density at radius 2 is 1.26 bits per heavy atom. The second kappa shape index (κ2) is 5.96.